The Kier molecular flexibility index (Phi) is 21.6. The Balaban J connectivity index is 0.000000124. The molecule has 17 nitrogen and oxygen atoms in total. The molecule has 10 heterocycles. The van der Waals surface area contributed by atoms with Gasteiger partial charge >= 0.3 is 0 Å². The molecule has 7 saturated heterocycles. The quantitative estimate of drug-likeness (QED) is 0.0539. The van der Waals surface area contributed by atoms with Crippen molar-refractivity contribution in [1.29, 1.82) is 0 Å². The van der Waals surface area contributed by atoms with Crippen LogP contribution in [0.5, 0.6) is 0 Å². The minimum absolute atomic E-state index is 0.0903. The number of Topliss-reactive ketones (excluding diaryl/α,β-unsaturated/α-hetero) is 3. The van der Waals surface area contributed by atoms with Crippen LogP contribution >= 0.6 is 34.8 Å². The van der Waals surface area contributed by atoms with Gasteiger partial charge in [-0.2, -0.15) is 0 Å². The molecule has 9 aliphatic rings. The molecule has 6 atom stereocenters. The lowest BCUT2D eigenvalue weighted by molar-refractivity contribution is -0.0312. The third-order valence-corrected chi connectivity index (χ3v) is 30.4. The number of fused-ring (bicyclic) bond motifs is 9. The van der Waals surface area contributed by atoms with Crippen molar-refractivity contribution in [3.63, 3.8) is 0 Å². The second-order valence-electron chi connectivity index (χ2n) is 32.4. The van der Waals surface area contributed by atoms with Gasteiger partial charge in [0.25, 0.3) is 0 Å². The van der Waals surface area contributed by atoms with Crippen molar-refractivity contribution < 1.29 is 51.3 Å². The van der Waals surface area contributed by atoms with Crippen LogP contribution in [-0.2, 0) is 43.7 Å². The maximum absolute atomic E-state index is 13.9. The fourth-order valence-corrected chi connectivity index (χ4v) is 23.1. The fourth-order valence-electron chi connectivity index (χ4n) is 19.3. The molecule has 18 rings (SSSR count). The maximum Gasteiger partial charge on any atom is 0.179 e. The number of hydrogen-bond donors (Lipinski definition) is 3. The summed E-state index contributed by atoms with van der Waals surface area (Å²) in [6, 6.07) is 43.2. The molecular formula is C86H97Cl3N6O11S2. The molecule has 22 heteroatoms. The maximum atomic E-state index is 13.9. The Labute approximate surface area is 647 Å². The highest BCUT2D eigenvalue weighted by Gasteiger charge is 2.45. The number of hydrogen-bond acceptors (Lipinski definition) is 14. The molecule has 3 N–H and O–H groups in total. The van der Waals surface area contributed by atoms with Crippen LogP contribution in [0.15, 0.2) is 127 Å². The highest BCUT2D eigenvalue weighted by Crippen LogP contribution is 2.43. The first kappa shape index (κ1) is 75.5. The topological polar surface area (TPSA) is 214 Å². The summed E-state index contributed by atoms with van der Waals surface area (Å²) < 4.78 is 61.7. The van der Waals surface area contributed by atoms with Gasteiger partial charge < -0.3 is 33.8 Å². The van der Waals surface area contributed by atoms with Crippen LogP contribution in [0.2, 0.25) is 15.1 Å². The Hall–Kier alpha value is -6.56. The number of sulfone groups is 2. The molecule has 570 valence electrons. The average Bonchev–Trinajstić information content (AvgIpc) is 1.60. The molecule has 2 saturated carbocycles. The first-order valence-electron chi connectivity index (χ1n) is 39.0. The van der Waals surface area contributed by atoms with Crippen LogP contribution in [0.1, 0.15) is 168 Å². The standard InChI is InChI=1S/2C29H33ClN2O4S.C28H31ClN2O3/c2*1-18-29(28(34)17-31-22-7-8-23(31)16-24(33)15-22)26-11-2-19(12-13-37(35,36)25-9-10-25)14-27(26)32(18)21-5-3-20(30)4-6-21;1-17-28(27(33)14-30-22-7-8-23(30)13-24(32)12-22)25-9-2-18(10-19-15-34-16-19)11-26(25)31(17)21-5-3-20(29)4-6-21/h2*2-6,11,14,22-25,33H,7-10,12-13,15-17H2,1H3;2-6,9,11,19,22-24,32H,7-8,10,12-16H2,1H3. The van der Waals surface area contributed by atoms with Gasteiger partial charge in [0.05, 0.1) is 89.7 Å². The van der Waals surface area contributed by atoms with E-state index in [1.165, 1.54) is 5.56 Å². The van der Waals surface area contributed by atoms with Crippen molar-refractivity contribution >= 4 is 105 Å². The van der Waals surface area contributed by atoms with Crippen molar-refractivity contribution in [1.82, 2.24) is 28.4 Å². The van der Waals surface area contributed by atoms with Crippen molar-refractivity contribution in [2.45, 2.75) is 208 Å². The number of rotatable bonds is 22. The molecule has 3 aromatic heterocycles. The molecule has 6 aromatic carbocycles. The number of aliphatic hydroxyl groups is 3. The highest BCUT2D eigenvalue weighted by atomic mass is 35.5. The van der Waals surface area contributed by atoms with Crippen molar-refractivity contribution in [2.24, 2.45) is 5.92 Å². The first-order chi connectivity index (χ1) is 51.9. The largest absolute Gasteiger partial charge is 0.393 e. The van der Waals surface area contributed by atoms with Crippen LogP contribution in [0, 0.1) is 26.7 Å². The van der Waals surface area contributed by atoms with Gasteiger partial charge in [-0.3, -0.25) is 29.1 Å². The number of nitrogens with zero attached hydrogens (tertiary/aromatic N) is 6. The lowest BCUT2D eigenvalue weighted by Gasteiger charge is -2.36. The monoisotopic (exact) mass is 1560 g/mol. The third-order valence-electron chi connectivity index (χ3n) is 25.1. The van der Waals surface area contributed by atoms with E-state index in [0.29, 0.717) is 76.7 Å². The number of benzene rings is 6. The number of aromatic nitrogens is 3. The number of carbonyl (C=O) groups excluding carboxylic acids is 3. The normalized spacial score (nSPS) is 24.4. The molecule has 9 fully saturated rings. The zero-order chi connectivity index (χ0) is 75.2. The Morgan fingerprint density at radius 2 is 0.676 bits per heavy atom. The lowest BCUT2D eigenvalue weighted by atomic mass is 9.96. The summed E-state index contributed by atoms with van der Waals surface area (Å²) >= 11 is 18.5. The van der Waals surface area contributed by atoms with Gasteiger partial charge in [0, 0.05) is 124 Å². The molecular weight excluding hydrogens is 1460 g/mol. The van der Waals surface area contributed by atoms with E-state index in [1.807, 2.05) is 123 Å². The van der Waals surface area contributed by atoms with E-state index in [2.05, 4.69) is 53.5 Å². The van der Waals surface area contributed by atoms with E-state index in [4.69, 9.17) is 39.5 Å². The SMILES string of the molecule is Cc1c(C(=O)CN2C3CCC2CC(O)C3)c2ccc(CC3COC3)cc2n1-c1ccc(Cl)cc1.Cc1c(C(=O)CN2C3CCC2CC(O)C3)c2ccc(CCS(=O)(=O)C3CC3)cc2n1-c1ccc(Cl)cc1.Cc1c(C(=O)CN2C3CCC2CC(O)C3)c2ccc(CCS(=O)(=O)C3CC3)cc2n1-c1ccc(Cl)cc1. The summed E-state index contributed by atoms with van der Waals surface area (Å²) in [7, 11) is -6.09. The summed E-state index contributed by atoms with van der Waals surface area (Å²) in [6.45, 7) is 8.78. The van der Waals surface area contributed by atoms with E-state index >= 15 is 0 Å². The second-order valence-corrected chi connectivity index (χ2v) is 38.5. The van der Waals surface area contributed by atoms with Gasteiger partial charge in [-0.05, 0) is 250 Å². The van der Waals surface area contributed by atoms with Crippen LogP contribution in [0.3, 0.4) is 0 Å². The van der Waals surface area contributed by atoms with Gasteiger partial charge in [-0.15, -0.1) is 0 Å². The Bertz CT molecular complexity index is 4900. The van der Waals surface area contributed by atoms with E-state index in [9.17, 15) is 46.5 Å². The number of halogens is 3. The molecule has 108 heavy (non-hydrogen) atoms. The third kappa shape index (κ3) is 15.5. The number of ketones is 3. The van der Waals surface area contributed by atoms with E-state index in [-0.39, 0.29) is 81.8 Å². The van der Waals surface area contributed by atoms with Gasteiger partial charge in [0.1, 0.15) is 0 Å². The summed E-state index contributed by atoms with van der Waals surface area (Å²) in [5.41, 5.74) is 13.8. The van der Waals surface area contributed by atoms with Crippen LogP contribution in [0.25, 0.3) is 49.8 Å². The predicted octanol–water partition coefficient (Wildman–Crippen LogP) is 14.7. The van der Waals surface area contributed by atoms with Crippen LogP contribution in [0.4, 0.5) is 0 Å². The lowest BCUT2D eigenvalue weighted by Crippen LogP contribution is -2.46. The zero-order valence-corrected chi connectivity index (χ0v) is 65.6. The Morgan fingerprint density at radius 1 is 0.398 bits per heavy atom. The Morgan fingerprint density at radius 3 is 0.944 bits per heavy atom. The minimum Gasteiger partial charge on any atom is -0.393 e. The predicted molar refractivity (Wildman–Crippen MR) is 427 cm³/mol. The molecule has 7 aliphatic heterocycles. The molecule has 2 aliphatic carbocycles. The van der Waals surface area contributed by atoms with E-state index in [1.54, 1.807) is 0 Å². The van der Waals surface area contributed by atoms with Gasteiger partial charge in [-0.1, -0.05) is 71.2 Å². The number of piperidine rings is 3. The van der Waals surface area contributed by atoms with Gasteiger partial charge in [0.15, 0.2) is 37.0 Å². The summed E-state index contributed by atoms with van der Waals surface area (Å²) in [6.07, 6.45) is 15.1. The van der Waals surface area contributed by atoms with Crippen LogP contribution in [-0.4, -0.2) is 187 Å². The molecule has 6 unspecified atom stereocenters. The summed E-state index contributed by atoms with van der Waals surface area (Å²) in [5.74, 6) is 1.23. The number of carbonyl (C=O) groups is 3. The van der Waals surface area contributed by atoms with Gasteiger partial charge in [0.2, 0.25) is 0 Å². The fraction of sp³-hybridized carbons (Fsp3) is 0.477. The van der Waals surface area contributed by atoms with E-state index in [0.717, 1.165) is 206 Å². The van der Waals surface area contributed by atoms with Crippen molar-refractivity contribution in [3.05, 3.63) is 193 Å². The summed E-state index contributed by atoms with van der Waals surface area (Å²) in [4.78, 5) is 48.5. The molecule has 0 amide bonds. The zero-order valence-electron chi connectivity index (χ0n) is 61.7. The smallest absolute Gasteiger partial charge is 0.179 e. The van der Waals surface area contributed by atoms with Crippen molar-refractivity contribution in [3.8, 4) is 17.1 Å². The molecule has 0 spiro atoms. The van der Waals surface area contributed by atoms with Crippen molar-refractivity contribution in [2.75, 3.05) is 44.4 Å². The average molecular weight is 1560 g/mol. The summed E-state index contributed by atoms with van der Waals surface area (Å²) in [5, 5.41) is 35.0. The number of ether oxygens (including phenoxy) is 1. The highest BCUT2D eigenvalue weighted by molar-refractivity contribution is 7.92. The molecule has 0 radical (unpaired) electrons. The van der Waals surface area contributed by atoms with Crippen LogP contribution < -0.4 is 0 Å². The molecule has 9 aromatic rings. The molecule has 6 bridgehead atoms. The van der Waals surface area contributed by atoms with E-state index < -0.39 is 19.7 Å². The number of aryl methyl sites for hydroxylation is 2. The van der Waals surface area contributed by atoms with Gasteiger partial charge in [-0.25, -0.2) is 16.8 Å². The first-order valence-corrected chi connectivity index (χ1v) is 43.6. The second kappa shape index (κ2) is 30.8. The number of aliphatic hydroxyl groups excluding tert-OH is 3. The minimum atomic E-state index is -3.05.